The van der Waals surface area contributed by atoms with Crippen LogP contribution in [0.1, 0.15) is 63.9 Å². The number of Topliss-reactive ketones (excluding diaryl/α,β-unsaturated/α-hetero) is 3. The topological polar surface area (TPSA) is 147 Å². The third kappa shape index (κ3) is 6.87. The number of hydrogen-bond acceptors (Lipinski definition) is 7. The Morgan fingerprint density at radius 3 is 2.32 bits per heavy atom. The van der Waals surface area contributed by atoms with Gasteiger partial charge in [0.2, 0.25) is 0 Å². The number of phenols is 1. The SMILES string of the molecule is CCc1cc(-c2ccc(N(C)C)cc2)c2c(c1O)C(=O)CC(CC(CCO)C(CO)C(=O)CC(C)=O)C2.O.[HH].[HH]. The number of aryl methyl sites for hydroxylation is 1. The predicted molar refractivity (Wildman–Crippen MR) is 152 cm³/mol. The number of carbonyl (C=O) groups is 3. The van der Waals surface area contributed by atoms with Gasteiger partial charge in [0.1, 0.15) is 17.3 Å². The summed E-state index contributed by atoms with van der Waals surface area (Å²) >= 11 is 0. The number of anilines is 1. The minimum atomic E-state index is -0.763. The van der Waals surface area contributed by atoms with Crippen molar-refractivity contribution in [3.63, 3.8) is 0 Å². The molecule has 0 bridgehead atoms. The molecule has 5 N–H and O–H groups in total. The van der Waals surface area contributed by atoms with Crippen LogP contribution in [0.3, 0.4) is 0 Å². The molecule has 3 unspecified atom stereocenters. The fourth-order valence-electron chi connectivity index (χ4n) is 5.61. The molecule has 0 saturated heterocycles. The molecule has 0 fully saturated rings. The zero-order valence-corrected chi connectivity index (χ0v) is 22.8. The van der Waals surface area contributed by atoms with Crippen molar-refractivity contribution in [2.45, 2.75) is 52.4 Å². The summed E-state index contributed by atoms with van der Waals surface area (Å²) in [6.07, 6.45) is 1.84. The Morgan fingerprint density at radius 1 is 1.13 bits per heavy atom. The maximum absolute atomic E-state index is 13.4. The summed E-state index contributed by atoms with van der Waals surface area (Å²) < 4.78 is 0. The normalized spacial score (nSPS) is 16.3. The van der Waals surface area contributed by atoms with E-state index in [1.807, 2.05) is 56.3 Å². The molecule has 0 amide bonds. The molecule has 0 radical (unpaired) electrons. The van der Waals surface area contributed by atoms with E-state index in [2.05, 4.69) is 0 Å². The lowest BCUT2D eigenvalue weighted by Gasteiger charge is -2.32. The van der Waals surface area contributed by atoms with Crippen LogP contribution in [0.4, 0.5) is 5.69 Å². The number of carbonyl (C=O) groups excluding carboxylic acids is 3. The Kier molecular flexibility index (Phi) is 11.2. The smallest absolute Gasteiger partial charge is 0.167 e. The second-order valence-electron chi connectivity index (χ2n) is 10.4. The fraction of sp³-hybridized carbons (Fsp3) is 0.500. The first-order valence-corrected chi connectivity index (χ1v) is 13.0. The highest BCUT2D eigenvalue weighted by molar-refractivity contribution is 6.03. The van der Waals surface area contributed by atoms with Gasteiger partial charge in [-0.15, -0.1) is 0 Å². The average Bonchev–Trinajstić information content (AvgIpc) is 2.84. The van der Waals surface area contributed by atoms with Crippen molar-refractivity contribution < 1.29 is 38.0 Å². The van der Waals surface area contributed by atoms with Crippen LogP contribution in [-0.2, 0) is 22.4 Å². The van der Waals surface area contributed by atoms with E-state index in [9.17, 15) is 29.7 Å². The number of benzene rings is 2. The highest BCUT2D eigenvalue weighted by Gasteiger charge is 2.35. The van der Waals surface area contributed by atoms with Crippen molar-refractivity contribution in [2.75, 3.05) is 32.2 Å². The van der Waals surface area contributed by atoms with E-state index >= 15 is 0 Å². The van der Waals surface area contributed by atoms with Gasteiger partial charge in [0, 0.05) is 41.6 Å². The van der Waals surface area contributed by atoms with Crippen molar-refractivity contribution >= 4 is 23.0 Å². The van der Waals surface area contributed by atoms with Crippen molar-refractivity contribution in [1.82, 2.24) is 0 Å². The van der Waals surface area contributed by atoms with E-state index in [0.717, 1.165) is 27.9 Å². The minimum Gasteiger partial charge on any atom is -0.507 e. The van der Waals surface area contributed by atoms with E-state index in [-0.39, 0.29) is 62.7 Å². The number of ketones is 3. The van der Waals surface area contributed by atoms with Gasteiger partial charge in [-0.1, -0.05) is 19.1 Å². The van der Waals surface area contributed by atoms with Crippen LogP contribution in [0, 0.1) is 17.8 Å². The molecule has 3 atom stereocenters. The van der Waals surface area contributed by atoms with Gasteiger partial charge in [-0.2, -0.15) is 0 Å². The van der Waals surface area contributed by atoms with Crippen LogP contribution in [-0.4, -0.2) is 65.5 Å². The highest BCUT2D eigenvalue weighted by Crippen LogP contribution is 2.43. The summed E-state index contributed by atoms with van der Waals surface area (Å²) in [5.41, 5.74) is 4.84. The summed E-state index contributed by atoms with van der Waals surface area (Å²) in [5.74, 6) is -1.92. The molecule has 2 aromatic carbocycles. The molecule has 0 heterocycles. The molecule has 1 aliphatic carbocycles. The first kappa shape index (κ1) is 31.1. The van der Waals surface area contributed by atoms with Gasteiger partial charge in [-0.25, -0.2) is 0 Å². The summed E-state index contributed by atoms with van der Waals surface area (Å²) in [4.78, 5) is 39.6. The summed E-state index contributed by atoms with van der Waals surface area (Å²) in [7, 11) is 3.94. The van der Waals surface area contributed by atoms with Gasteiger partial charge in [0.15, 0.2) is 5.78 Å². The summed E-state index contributed by atoms with van der Waals surface area (Å²) in [5, 5.41) is 30.6. The Hall–Kier alpha value is -3.07. The molecule has 2 aromatic rings. The first-order chi connectivity index (χ1) is 17.6. The lowest BCUT2D eigenvalue weighted by atomic mass is 9.72. The van der Waals surface area contributed by atoms with Crippen molar-refractivity contribution in [1.29, 1.82) is 0 Å². The number of aromatic hydroxyl groups is 1. The molecular formula is C30H45NO7. The molecule has 0 saturated carbocycles. The van der Waals surface area contributed by atoms with E-state index < -0.39 is 12.5 Å². The van der Waals surface area contributed by atoms with Gasteiger partial charge in [-0.3, -0.25) is 14.4 Å². The number of rotatable bonds is 12. The number of nitrogens with zero attached hydrogens (tertiary/aromatic N) is 1. The van der Waals surface area contributed by atoms with Gasteiger partial charge in [-0.05, 0) is 84.9 Å². The van der Waals surface area contributed by atoms with Gasteiger partial charge in [0.05, 0.1) is 18.6 Å². The standard InChI is InChI=1S/C30H39NO6.H2O.2H2/c1-5-20-16-24(21-6-8-23(9-7-21)31(3)4)25-14-19(15-28(36)29(25)30(20)37)13-22(10-11-32)26(17-33)27(35)12-18(2)34;;;/h6-9,16,19,22,26,32-33,37H,5,10-15,17H2,1-4H3;1H2;2*1H. The van der Waals surface area contributed by atoms with Crippen LogP contribution in [0.25, 0.3) is 11.1 Å². The van der Waals surface area contributed by atoms with Crippen LogP contribution < -0.4 is 4.90 Å². The van der Waals surface area contributed by atoms with E-state index in [0.29, 0.717) is 31.2 Å². The van der Waals surface area contributed by atoms with Crippen LogP contribution in [0.15, 0.2) is 30.3 Å². The summed E-state index contributed by atoms with van der Waals surface area (Å²) in [6.45, 7) is 2.73. The van der Waals surface area contributed by atoms with Crippen LogP contribution in [0.2, 0.25) is 0 Å². The number of aliphatic hydroxyl groups excluding tert-OH is 2. The van der Waals surface area contributed by atoms with E-state index in [1.54, 1.807) is 0 Å². The minimum absolute atomic E-state index is 0. The number of fused-ring (bicyclic) bond motifs is 1. The molecule has 1 aliphatic rings. The average molecular weight is 532 g/mol. The van der Waals surface area contributed by atoms with Crippen molar-refractivity contribution in [3.05, 3.63) is 47.0 Å². The summed E-state index contributed by atoms with van der Waals surface area (Å²) in [6, 6.07) is 10.0. The second-order valence-corrected chi connectivity index (χ2v) is 10.4. The van der Waals surface area contributed by atoms with Crippen LogP contribution in [0.5, 0.6) is 5.75 Å². The molecule has 3 rings (SSSR count). The lowest BCUT2D eigenvalue weighted by molar-refractivity contribution is -0.131. The van der Waals surface area contributed by atoms with E-state index in [4.69, 9.17) is 0 Å². The van der Waals surface area contributed by atoms with Gasteiger partial charge in [0.25, 0.3) is 0 Å². The van der Waals surface area contributed by atoms with Gasteiger partial charge < -0.3 is 25.7 Å². The third-order valence-electron chi connectivity index (χ3n) is 7.55. The molecule has 212 valence electrons. The molecule has 8 nitrogen and oxygen atoms in total. The largest absolute Gasteiger partial charge is 0.507 e. The molecule has 8 heteroatoms. The lowest BCUT2D eigenvalue weighted by Crippen LogP contribution is -2.32. The molecule has 0 aromatic heterocycles. The Morgan fingerprint density at radius 2 is 1.79 bits per heavy atom. The highest BCUT2D eigenvalue weighted by atomic mass is 16.3. The zero-order chi connectivity index (χ0) is 27.3. The number of aliphatic hydroxyl groups is 2. The third-order valence-corrected chi connectivity index (χ3v) is 7.55. The molecular weight excluding hydrogens is 486 g/mol. The Labute approximate surface area is 227 Å². The number of hydrogen-bond donors (Lipinski definition) is 3. The predicted octanol–water partition coefficient (Wildman–Crippen LogP) is 3.65. The zero-order valence-electron chi connectivity index (χ0n) is 22.8. The van der Waals surface area contributed by atoms with Gasteiger partial charge >= 0.3 is 0 Å². The second kappa shape index (κ2) is 13.6. The maximum atomic E-state index is 13.4. The quantitative estimate of drug-likeness (QED) is 0.354. The fourth-order valence-corrected chi connectivity index (χ4v) is 5.61. The van der Waals surface area contributed by atoms with Crippen molar-refractivity contribution in [3.8, 4) is 16.9 Å². The Balaban J connectivity index is 0.00000507. The first-order valence-electron chi connectivity index (χ1n) is 13.0. The molecule has 0 spiro atoms. The molecule has 38 heavy (non-hydrogen) atoms. The monoisotopic (exact) mass is 531 g/mol. The molecule has 0 aliphatic heterocycles. The van der Waals surface area contributed by atoms with Crippen molar-refractivity contribution in [2.24, 2.45) is 17.8 Å². The van der Waals surface area contributed by atoms with Crippen LogP contribution >= 0.6 is 0 Å². The maximum Gasteiger partial charge on any atom is 0.167 e. The number of phenolic OH excluding ortho intramolecular Hbond substituents is 1. The Bertz CT molecular complexity index is 1150. The van der Waals surface area contributed by atoms with E-state index in [1.165, 1.54) is 6.92 Å².